The molecule has 0 aliphatic heterocycles. The first-order valence-corrected chi connectivity index (χ1v) is 10.4. The summed E-state index contributed by atoms with van der Waals surface area (Å²) in [5, 5.41) is 16.8. The summed E-state index contributed by atoms with van der Waals surface area (Å²) in [6, 6.07) is 25.0. The van der Waals surface area contributed by atoms with Crippen LogP contribution >= 0.6 is 0 Å². The van der Waals surface area contributed by atoms with E-state index in [2.05, 4.69) is 15.8 Å². The fraction of sp³-hybridized carbons (Fsp3) is 0.0741. The molecule has 166 valence electrons. The summed E-state index contributed by atoms with van der Waals surface area (Å²) in [7, 11) is 0. The minimum atomic E-state index is -0.588. The van der Waals surface area contributed by atoms with Crippen molar-refractivity contribution in [1.29, 1.82) is 0 Å². The maximum absolute atomic E-state index is 12.9. The Labute approximate surface area is 193 Å². The van der Waals surface area contributed by atoms with Gasteiger partial charge in [-0.15, -0.1) is 0 Å². The van der Waals surface area contributed by atoms with Crippen LogP contribution in [0.4, 0.5) is 0 Å². The van der Waals surface area contributed by atoms with Crippen molar-refractivity contribution in [3.05, 3.63) is 119 Å². The zero-order valence-corrected chi connectivity index (χ0v) is 18.4. The predicted octanol–water partition coefficient (Wildman–Crippen LogP) is 4.65. The van der Waals surface area contributed by atoms with Gasteiger partial charge >= 0.3 is 0 Å². The average molecular weight is 440 g/mol. The first kappa shape index (κ1) is 23.2. The van der Waals surface area contributed by atoms with Crippen LogP contribution < -0.4 is 10.7 Å². The standard InChI is InChI=1S/C27H25N3O3/c1-19(17-21-11-5-3-6-12-21)18-24(28-26(32)22-13-7-4-8-14-22)27(33)30-29-20(2)23-15-9-10-16-25(23)31/h3-18,31H,1-2H3,(H,28,32)(H,30,33)/b19-17+,24-18+,29-20?. The molecule has 0 radical (unpaired) electrons. The monoisotopic (exact) mass is 439 g/mol. The van der Waals surface area contributed by atoms with Gasteiger partial charge in [-0.2, -0.15) is 5.10 Å². The van der Waals surface area contributed by atoms with E-state index in [0.717, 1.165) is 11.1 Å². The number of allylic oxidation sites excluding steroid dienone is 2. The molecular weight excluding hydrogens is 414 g/mol. The topological polar surface area (TPSA) is 90.8 Å². The number of para-hydroxylation sites is 1. The smallest absolute Gasteiger partial charge is 0.287 e. The van der Waals surface area contributed by atoms with Crippen molar-refractivity contribution in [2.24, 2.45) is 5.10 Å². The number of rotatable bonds is 7. The minimum Gasteiger partial charge on any atom is -0.507 e. The first-order chi connectivity index (χ1) is 15.9. The Bertz CT molecular complexity index is 1210. The van der Waals surface area contributed by atoms with Crippen LogP contribution in [0, 0.1) is 0 Å². The van der Waals surface area contributed by atoms with E-state index in [1.807, 2.05) is 49.4 Å². The second-order valence-corrected chi connectivity index (χ2v) is 7.33. The third kappa shape index (κ3) is 6.77. The fourth-order valence-electron chi connectivity index (χ4n) is 3.06. The summed E-state index contributed by atoms with van der Waals surface area (Å²) in [4.78, 5) is 25.6. The van der Waals surface area contributed by atoms with Gasteiger partial charge in [-0.3, -0.25) is 9.59 Å². The van der Waals surface area contributed by atoms with Gasteiger partial charge in [0.05, 0.1) is 5.71 Å². The molecule has 3 rings (SSSR count). The Kier molecular flexibility index (Phi) is 7.91. The van der Waals surface area contributed by atoms with Gasteiger partial charge in [0.1, 0.15) is 11.4 Å². The van der Waals surface area contributed by atoms with Crippen LogP contribution in [0.2, 0.25) is 0 Å². The Morgan fingerprint density at radius 3 is 2.12 bits per heavy atom. The Morgan fingerprint density at radius 1 is 0.848 bits per heavy atom. The van der Waals surface area contributed by atoms with E-state index in [9.17, 15) is 14.7 Å². The highest BCUT2D eigenvalue weighted by Crippen LogP contribution is 2.16. The number of hydrogen-bond acceptors (Lipinski definition) is 4. The van der Waals surface area contributed by atoms with Crippen molar-refractivity contribution in [3.8, 4) is 5.75 Å². The van der Waals surface area contributed by atoms with Crippen LogP contribution in [0.15, 0.2) is 107 Å². The molecule has 33 heavy (non-hydrogen) atoms. The van der Waals surface area contributed by atoms with Crippen LogP contribution in [-0.2, 0) is 4.79 Å². The fourth-order valence-corrected chi connectivity index (χ4v) is 3.06. The highest BCUT2D eigenvalue weighted by Gasteiger charge is 2.15. The molecule has 0 bridgehead atoms. The van der Waals surface area contributed by atoms with Crippen molar-refractivity contribution >= 4 is 23.6 Å². The average Bonchev–Trinajstić information content (AvgIpc) is 2.83. The minimum absolute atomic E-state index is 0.0439. The van der Waals surface area contributed by atoms with Gasteiger partial charge in [0, 0.05) is 11.1 Å². The molecule has 0 saturated heterocycles. The third-order valence-corrected chi connectivity index (χ3v) is 4.71. The van der Waals surface area contributed by atoms with E-state index in [1.165, 1.54) is 0 Å². The maximum atomic E-state index is 12.9. The molecule has 0 unspecified atom stereocenters. The van der Waals surface area contributed by atoms with Gasteiger partial charge in [-0.1, -0.05) is 66.7 Å². The van der Waals surface area contributed by atoms with Gasteiger partial charge in [-0.25, -0.2) is 5.43 Å². The molecule has 0 aliphatic carbocycles. The zero-order chi connectivity index (χ0) is 23.6. The number of carbonyl (C=O) groups excluding carboxylic acids is 2. The summed E-state index contributed by atoms with van der Waals surface area (Å²) < 4.78 is 0. The number of hydrogen-bond donors (Lipinski definition) is 3. The van der Waals surface area contributed by atoms with Crippen LogP contribution in [0.3, 0.4) is 0 Å². The van der Waals surface area contributed by atoms with E-state index in [1.54, 1.807) is 61.5 Å². The van der Waals surface area contributed by atoms with Gasteiger partial charge < -0.3 is 10.4 Å². The Morgan fingerprint density at radius 2 is 1.45 bits per heavy atom. The molecule has 3 aromatic carbocycles. The van der Waals surface area contributed by atoms with Crippen LogP contribution in [0.5, 0.6) is 5.75 Å². The summed E-state index contributed by atoms with van der Waals surface area (Å²) in [5.41, 5.74) is 5.58. The molecule has 0 aromatic heterocycles. The number of hydrazone groups is 1. The molecule has 0 atom stereocenters. The van der Waals surface area contributed by atoms with E-state index < -0.39 is 11.8 Å². The summed E-state index contributed by atoms with van der Waals surface area (Å²) >= 11 is 0. The van der Waals surface area contributed by atoms with Gasteiger partial charge in [0.25, 0.3) is 11.8 Å². The van der Waals surface area contributed by atoms with Crippen LogP contribution in [0.25, 0.3) is 6.08 Å². The maximum Gasteiger partial charge on any atom is 0.287 e. The number of benzene rings is 3. The zero-order valence-electron chi connectivity index (χ0n) is 18.4. The summed E-state index contributed by atoms with van der Waals surface area (Å²) in [6.45, 7) is 3.51. The second-order valence-electron chi connectivity index (χ2n) is 7.33. The van der Waals surface area contributed by atoms with Crippen LogP contribution in [0.1, 0.15) is 35.3 Å². The number of carbonyl (C=O) groups is 2. The number of phenolic OH excluding ortho intramolecular Hbond substituents is 1. The van der Waals surface area contributed by atoms with Crippen molar-refractivity contribution < 1.29 is 14.7 Å². The molecule has 0 saturated carbocycles. The highest BCUT2D eigenvalue weighted by atomic mass is 16.3. The molecule has 2 amide bonds. The molecule has 0 spiro atoms. The first-order valence-electron chi connectivity index (χ1n) is 10.4. The van der Waals surface area contributed by atoms with Crippen molar-refractivity contribution in [2.75, 3.05) is 0 Å². The molecule has 3 aromatic rings. The summed E-state index contributed by atoms with van der Waals surface area (Å²) in [6.07, 6.45) is 3.49. The van der Waals surface area contributed by atoms with E-state index >= 15 is 0 Å². The molecule has 0 aliphatic rings. The predicted molar refractivity (Wildman–Crippen MR) is 131 cm³/mol. The summed E-state index contributed by atoms with van der Waals surface area (Å²) in [5.74, 6) is -0.941. The molecule has 3 N–H and O–H groups in total. The Balaban J connectivity index is 1.86. The SMILES string of the molecule is CC(=NNC(=O)/C(=C\C(C)=C\c1ccccc1)NC(=O)c1ccccc1)c1ccccc1O. The van der Waals surface area contributed by atoms with Gasteiger partial charge in [-0.05, 0) is 55.3 Å². The van der Waals surface area contributed by atoms with E-state index in [-0.39, 0.29) is 11.4 Å². The number of aromatic hydroxyl groups is 1. The highest BCUT2D eigenvalue weighted by molar-refractivity contribution is 6.05. The lowest BCUT2D eigenvalue weighted by Gasteiger charge is -2.10. The van der Waals surface area contributed by atoms with Gasteiger partial charge in [0.15, 0.2) is 0 Å². The lowest BCUT2D eigenvalue weighted by Crippen LogP contribution is -2.33. The van der Waals surface area contributed by atoms with Crippen molar-refractivity contribution in [1.82, 2.24) is 10.7 Å². The molecular formula is C27H25N3O3. The molecule has 6 heteroatoms. The van der Waals surface area contributed by atoms with E-state index in [0.29, 0.717) is 16.8 Å². The van der Waals surface area contributed by atoms with Crippen molar-refractivity contribution in [2.45, 2.75) is 13.8 Å². The largest absolute Gasteiger partial charge is 0.507 e. The van der Waals surface area contributed by atoms with Gasteiger partial charge in [0.2, 0.25) is 0 Å². The lowest BCUT2D eigenvalue weighted by atomic mass is 10.1. The lowest BCUT2D eigenvalue weighted by molar-refractivity contribution is -0.117. The van der Waals surface area contributed by atoms with E-state index in [4.69, 9.17) is 0 Å². The molecule has 6 nitrogen and oxygen atoms in total. The number of amides is 2. The number of phenols is 1. The normalized spacial score (nSPS) is 12.2. The quantitative estimate of drug-likeness (QED) is 0.217. The second kappa shape index (κ2) is 11.2. The van der Waals surface area contributed by atoms with Crippen molar-refractivity contribution in [3.63, 3.8) is 0 Å². The van der Waals surface area contributed by atoms with Crippen LogP contribution in [-0.4, -0.2) is 22.6 Å². The molecule has 0 heterocycles. The number of nitrogens with one attached hydrogen (secondary N) is 2. The Hall–Kier alpha value is -4.45. The molecule has 0 fully saturated rings. The third-order valence-electron chi connectivity index (χ3n) is 4.71. The number of nitrogens with zero attached hydrogens (tertiary/aromatic N) is 1.